The van der Waals surface area contributed by atoms with Crippen molar-refractivity contribution in [2.45, 2.75) is 38.0 Å². The number of benzene rings is 2. The molecule has 4 aromatic rings. The number of anilines is 1. The first-order valence-corrected chi connectivity index (χ1v) is 12.8. The van der Waals surface area contributed by atoms with Gasteiger partial charge in [-0.25, -0.2) is 0 Å². The van der Waals surface area contributed by atoms with Crippen LogP contribution in [-0.2, 0) is 17.9 Å². The lowest BCUT2D eigenvalue weighted by molar-refractivity contribution is -0.113. The van der Waals surface area contributed by atoms with Crippen LogP contribution in [0.1, 0.15) is 29.8 Å². The topological polar surface area (TPSA) is 89.1 Å². The summed E-state index contributed by atoms with van der Waals surface area (Å²) < 4.78 is 7.44. The molecule has 9 heteroatoms. The largest absolute Gasteiger partial charge is 0.338 e. The van der Waals surface area contributed by atoms with Gasteiger partial charge in [0.05, 0.1) is 18.8 Å². The van der Waals surface area contributed by atoms with E-state index in [4.69, 9.17) is 4.52 Å². The van der Waals surface area contributed by atoms with E-state index in [1.807, 2.05) is 49.4 Å². The molecule has 8 nitrogen and oxygen atoms in total. The molecular weight excluding hydrogens is 460 g/mol. The number of amides is 1. The molecule has 2 aromatic heterocycles. The molecule has 1 aliphatic rings. The van der Waals surface area contributed by atoms with Crippen LogP contribution in [0.15, 0.2) is 70.3 Å². The van der Waals surface area contributed by atoms with Gasteiger partial charge in [-0.15, -0.1) is 10.2 Å². The number of nitrogens with zero attached hydrogens (tertiary/aromatic N) is 5. The monoisotopic (exact) mass is 488 g/mol. The Labute approximate surface area is 208 Å². The summed E-state index contributed by atoms with van der Waals surface area (Å²) in [7, 11) is 0. The number of nitrogens with one attached hydrogen (secondary N) is 1. The number of carbonyl (C=O) groups excluding carboxylic acids is 1. The molecule has 0 aliphatic carbocycles. The fourth-order valence-corrected chi connectivity index (χ4v) is 4.86. The van der Waals surface area contributed by atoms with E-state index >= 15 is 0 Å². The van der Waals surface area contributed by atoms with E-state index < -0.39 is 0 Å². The molecule has 0 unspecified atom stereocenters. The summed E-state index contributed by atoms with van der Waals surface area (Å²) in [5, 5.41) is 16.5. The van der Waals surface area contributed by atoms with E-state index in [9.17, 15) is 4.79 Å². The first kappa shape index (κ1) is 23.3. The SMILES string of the molecule is Cc1ccc(-c2cc(NC(=O)CSc3nnc(CN4CCCC4)n3Cc3ccccc3)on2)cc1. The molecule has 1 amide bonds. The molecule has 1 fully saturated rings. The van der Waals surface area contributed by atoms with E-state index in [1.54, 1.807) is 6.07 Å². The minimum absolute atomic E-state index is 0.183. The van der Waals surface area contributed by atoms with Crippen LogP contribution in [-0.4, -0.2) is 49.6 Å². The van der Waals surface area contributed by atoms with Crippen LogP contribution < -0.4 is 5.32 Å². The molecule has 1 aliphatic heterocycles. The number of hydrogen-bond acceptors (Lipinski definition) is 7. The van der Waals surface area contributed by atoms with Gasteiger partial charge in [0.2, 0.25) is 11.8 Å². The number of carbonyl (C=O) groups is 1. The lowest BCUT2D eigenvalue weighted by Crippen LogP contribution is -2.22. The van der Waals surface area contributed by atoms with E-state index in [2.05, 4.69) is 42.3 Å². The Morgan fingerprint density at radius 1 is 1.03 bits per heavy atom. The summed E-state index contributed by atoms with van der Waals surface area (Å²) >= 11 is 1.37. The zero-order valence-corrected chi connectivity index (χ0v) is 20.5. The van der Waals surface area contributed by atoms with E-state index in [-0.39, 0.29) is 11.7 Å². The Kier molecular flexibility index (Phi) is 7.25. The predicted octanol–water partition coefficient (Wildman–Crippen LogP) is 4.62. The third-order valence-electron chi connectivity index (χ3n) is 5.99. The number of rotatable bonds is 9. The second-order valence-electron chi connectivity index (χ2n) is 8.73. The average Bonchev–Trinajstić information content (AvgIpc) is 3.63. The van der Waals surface area contributed by atoms with Gasteiger partial charge in [-0.2, -0.15) is 0 Å². The van der Waals surface area contributed by atoms with E-state index in [0.29, 0.717) is 18.1 Å². The van der Waals surface area contributed by atoms with Crippen LogP contribution >= 0.6 is 11.8 Å². The van der Waals surface area contributed by atoms with Crippen LogP contribution in [0, 0.1) is 6.92 Å². The van der Waals surface area contributed by atoms with Gasteiger partial charge in [0.1, 0.15) is 11.5 Å². The normalized spacial score (nSPS) is 13.9. The Balaban J connectivity index is 1.24. The summed E-state index contributed by atoms with van der Waals surface area (Å²) in [5.41, 5.74) is 3.97. The molecular formula is C26H28N6O2S. The maximum atomic E-state index is 12.6. The lowest BCUT2D eigenvalue weighted by atomic mass is 10.1. The highest BCUT2D eigenvalue weighted by atomic mass is 32.2. The van der Waals surface area contributed by atoms with Crippen molar-refractivity contribution in [1.29, 1.82) is 0 Å². The van der Waals surface area contributed by atoms with Crippen LogP contribution in [0.25, 0.3) is 11.3 Å². The van der Waals surface area contributed by atoms with Crippen molar-refractivity contribution in [3.05, 3.63) is 77.6 Å². The zero-order chi connectivity index (χ0) is 24.0. The first-order valence-electron chi connectivity index (χ1n) is 11.8. The number of aryl methyl sites for hydroxylation is 1. The average molecular weight is 489 g/mol. The maximum Gasteiger partial charge on any atom is 0.237 e. The number of aromatic nitrogens is 4. The fourth-order valence-electron chi connectivity index (χ4n) is 4.11. The van der Waals surface area contributed by atoms with Crippen molar-refractivity contribution in [1.82, 2.24) is 24.8 Å². The summed E-state index contributed by atoms with van der Waals surface area (Å²) in [6, 6.07) is 20.0. The van der Waals surface area contributed by atoms with Crippen LogP contribution in [0.5, 0.6) is 0 Å². The number of likely N-dealkylation sites (tertiary alicyclic amines) is 1. The second-order valence-corrected chi connectivity index (χ2v) is 9.68. The molecule has 1 N–H and O–H groups in total. The summed E-state index contributed by atoms with van der Waals surface area (Å²) in [6.07, 6.45) is 2.45. The molecule has 5 rings (SSSR count). The molecule has 3 heterocycles. The van der Waals surface area contributed by atoms with Gasteiger partial charge >= 0.3 is 0 Å². The van der Waals surface area contributed by atoms with Gasteiger partial charge in [0, 0.05) is 11.6 Å². The Bertz CT molecular complexity index is 1260. The second kappa shape index (κ2) is 10.9. The highest BCUT2D eigenvalue weighted by Crippen LogP contribution is 2.24. The van der Waals surface area contributed by atoms with Crippen molar-refractivity contribution >= 4 is 23.6 Å². The maximum absolute atomic E-state index is 12.6. The van der Waals surface area contributed by atoms with E-state index in [1.165, 1.54) is 35.7 Å². The van der Waals surface area contributed by atoms with Crippen LogP contribution in [0.4, 0.5) is 5.88 Å². The minimum atomic E-state index is -0.183. The van der Waals surface area contributed by atoms with E-state index in [0.717, 1.165) is 36.2 Å². The van der Waals surface area contributed by atoms with Gasteiger partial charge in [-0.1, -0.05) is 77.1 Å². The Morgan fingerprint density at radius 3 is 2.57 bits per heavy atom. The fraction of sp³-hybridized carbons (Fsp3) is 0.308. The smallest absolute Gasteiger partial charge is 0.237 e. The summed E-state index contributed by atoms with van der Waals surface area (Å²) in [5.74, 6) is 1.26. The number of hydrogen-bond donors (Lipinski definition) is 1. The highest BCUT2D eigenvalue weighted by Gasteiger charge is 2.19. The molecule has 0 saturated carbocycles. The molecule has 180 valence electrons. The molecule has 35 heavy (non-hydrogen) atoms. The van der Waals surface area contributed by atoms with Gasteiger partial charge < -0.3 is 9.09 Å². The standard InChI is InChI=1S/C26H28N6O2S/c1-19-9-11-21(12-10-19)22-15-25(34-30-22)27-24(33)18-35-26-29-28-23(17-31-13-5-6-14-31)32(26)16-20-7-3-2-4-8-20/h2-4,7-12,15H,5-6,13-14,16-18H2,1H3,(H,27,33). The minimum Gasteiger partial charge on any atom is -0.338 e. The molecule has 0 spiro atoms. The van der Waals surface area contributed by atoms with Crippen LogP contribution in [0.2, 0.25) is 0 Å². The Hall–Kier alpha value is -3.43. The van der Waals surface area contributed by atoms with Gasteiger partial charge in [-0.3, -0.25) is 15.0 Å². The Morgan fingerprint density at radius 2 is 1.80 bits per heavy atom. The van der Waals surface area contributed by atoms with Crippen molar-refractivity contribution in [3.63, 3.8) is 0 Å². The molecule has 1 saturated heterocycles. The van der Waals surface area contributed by atoms with Gasteiger partial charge in [0.15, 0.2) is 5.16 Å². The zero-order valence-electron chi connectivity index (χ0n) is 19.7. The predicted molar refractivity (Wildman–Crippen MR) is 136 cm³/mol. The van der Waals surface area contributed by atoms with Crippen molar-refractivity contribution < 1.29 is 9.32 Å². The van der Waals surface area contributed by atoms with Crippen molar-refractivity contribution in [2.24, 2.45) is 0 Å². The van der Waals surface area contributed by atoms with Crippen molar-refractivity contribution in [3.8, 4) is 11.3 Å². The van der Waals surface area contributed by atoms with Crippen molar-refractivity contribution in [2.75, 3.05) is 24.2 Å². The van der Waals surface area contributed by atoms with Crippen LogP contribution in [0.3, 0.4) is 0 Å². The quantitative estimate of drug-likeness (QED) is 0.344. The molecule has 2 aromatic carbocycles. The summed E-state index contributed by atoms with van der Waals surface area (Å²) in [6.45, 7) is 5.65. The first-order chi connectivity index (χ1) is 17.1. The number of thioether (sulfide) groups is 1. The molecule has 0 atom stereocenters. The molecule has 0 bridgehead atoms. The van der Waals surface area contributed by atoms with Gasteiger partial charge in [0.25, 0.3) is 0 Å². The summed E-state index contributed by atoms with van der Waals surface area (Å²) in [4.78, 5) is 15.1. The molecule has 0 radical (unpaired) electrons. The lowest BCUT2D eigenvalue weighted by Gasteiger charge is -2.16. The third-order valence-corrected chi connectivity index (χ3v) is 6.96. The highest BCUT2D eigenvalue weighted by molar-refractivity contribution is 7.99. The van der Waals surface area contributed by atoms with Gasteiger partial charge in [-0.05, 0) is 38.4 Å². The third kappa shape index (κ3) is 5.98.